The second-order valence-electron chi connectivity index (χ2n) is 5.97. The summed E-state index contributed by atoms with van der Waals surface area (Å²) in [7, 11) is 0. The van der Waals surface area contributed by atoms with E-state index < -0.39 is 6.10 Å². The molecule has 0 heterocycles. The first-order valence-corrected chi connectivity index (χ1v) is 7.50. The minimum Gasteiger partial charge on any atom is -0.392 e. The van der Waals surface area contributed by atoms with Crippen molar-refractivity contribution < 1.29 is 9.90 Å². The SMILES string of the molecule is CC(C)N(Cc1ccc(C#N)cc1)C(=O)C1CCCC1O. The lowest BCUT2D eigenvalue weighted by Crippen LogP contribution is -2.42. The number of carbonyl (C=O) groups excluding carboxylic acids is 1. The molecule has 1 N–H and O–H groups in total. The summed E-state index contributed by atoms with van der Waals surface area (Å²) in [6.45, 7) is 4.50. The minimum absolute atomic E-state index is 0.0411. The molecule has 0 saturated heterocycles. The Bertz CT molecular complexity index is 531. The highest BCUT2D eigenvalue weighted by atomic mass is 16.3. The van der Waals surface area contributed by atoms with Crippen molar-refractivity contribution in [1.82, 2.24) is 4.90 Å². The van der Waals surface area contributed by atoms with Crippen LogP contribution in [-0.2, 0) is 11.3 Å². The van der Waals surface area contributed by atoms with Crippen molar-refractivity contribution in [1.29, 1.82) is 5.26 Å². The Morgan fingerprint density at radius 2 is 2.05 bits per heavy atom. The molecule has 0 aliphatic heterocycles. The molecule has 4 nitrogen and oxygen atoms in total. The van der Waals surface area contributed by atoms with Crippen molar-refractivity contribution in [2.45, 2.75) is 51.8 Å². The smallest absolute Gasteiger partial charge is 0.228 e. The highest BCUT2D eigenvalue weighted by Gasteiger charge is 2.35. The first-order chi connectivity index (χ1) is 10.0. The number of nitrogens with zero attached hydrogens (tertiary/aromatic N) is 2. The summed E-state index contributed by atoms with van der Waals surface area (Å²) in [6, 6.07) is 9.47. The van der Waals surface area contributed by atoms with Crippen LogP contribution < -0.4 is 0 Å². The van der Waals surface area contributed by atoms with Gasteiger partial charge in [0.1, 0.15) is 0 Å². The Labute approximate surface area is 126 Å². The molecule has 1 aromatic carbocycles. The van der Waals surface area contributed by atoms with Gasteiger partial charge in [0.15, 0.2) is 0 Å². The molecule has 1 aliphatic rings. The second kappa shape index (κ2) is 6.73. The second-order valence-corrected chi connectivity index (χ2v) is 5.97. The summed E-state index contributed by atoms with van der Waals surface area (Å²) < 4.78 is 0. The van der Waals surface area contributed by atoms with Crippen molar-refractivity contribution >= 4 is 5.91 Å². The number of hydrogen-bond acceptors (Lipinski definition) is 3. The molecule has 1 saturated carbocycles. The largest absolute Gasteiger partial charge is 0.392 e. The lowest BCUT2D eigenvalue weighted by atomic mass is 10.0. The fraction of sp³-hybridized carbons (Fsp3) is 0.529. The zero-order chi connectivity index (χ0) is 15.4. The van der Waals surface area contributed by atoms with E-state index in [2.05, 4.69) is 6.07 Å². The van der Waals surface area contributed by atoms with Gasteiger partial charge in [0.2, 0.25) is 5.91 Å². The van der Waals surface area contributed by atoms with E-state index in [-0.39, 0.29) is 17.9 Å². The third-order valence-corrected chi connectivity index (χ3v) is 4.14. The van der Waals surface area contributed by atoms with Crippen molar-refractivity contribution in [3.8, 4) is 6.07 Å². The fourth-order valence-electron chi connectivity index (χ4n) is 2.84. The molecule has 1 fully saturated rings. The third kappa shape index (κ3) is 3.62. The van der Waals surface area contributed by atoms with Gasteiger partial charge in [0.05, 0.1) is 23.7 Å². The van der Waals surface area contributed by atoms with Crippen LogP contribution in [0.2, 0.25) is 0 Å². The number of rotatable bonds is 4. The van der Waals surface area contributed by atoms with Crippen molar-refractivity contribution in [2.24, 2.45) is 5.92 Å². The molecule has 2 unspecified atom stereocenters. The third-order valence-electron chi connectivity index (χ3n) is 4.14. The van der Waals surface area contributed by atoms with Crippen molar-refractivity contribution in [2.75, 3.05) is 0 Å². The van der Waals surface area contributed by atoms with Gasteiger partial charge in [-0.3, -0.25) is 4.79 Å². The van der Waals surface area contributed by atoms with E-state index >= 15 is 0 Å². The summed E-state index contributed by atoms with van der Waals surface area (Å²) in [5, 5.41) is 18.8. The zero-order valence-electron chi connectivity index (χ0n) is 12.6. The standard InChI is InChI=1S/C17H22N2O2/c1-12(2)19(17(21)15-4-3-5-16(15)20)11-14-8-6-13(10-18)7-9-14/h6-9,12,15-16,20H,3-5,11H2,1-2H3. The number of aliphatic hydroxyl groups is 1. The van der Waals surface area contributed by atoms with E-state index in [4.69, 9.17) is 5.26 Å². The molecule has 0 bridgehead atoms. The van der Waals surface area contributed by atoms with Crippen LogP contribution in [0.4, 0.5) is 0 Å². The highest BCUT2D eigenvalue weighted by Crippen LogP contribution is 2.28. The molecule has 4 heteroatoms. The van der Waals surface area contributed by atoms with E-state index in [9.17, 15) is 9.90 Å². The molecule has 112 valence electrons. The summed E-state index contributed by atoms with van der Waals surface area (Å²) >= 11 is 0. The van der Waals surface area contributed by atoms with Crippen LogP contribution in [0.25, 0.3) is 0 Å². The van der Waals surface area contributed by atoms with Crippen LogP contribution >= 0.6 is 0 Å². The zero-order valence-corrected chi connectivity index (χ0v) is 12.6. The molecule has 0 aromatic heterocycles. The number of aliphatic hydroxyl groups excluding tert-OH is 1. The molecule has 2 rings (SSSR count). The van der Waals surface area contributed by atoms with Gasteiger partial charge in [0.25, 0.3) is 0 Å². The fourth-order valence-corrected chi connectivity index (χ4v) is 2.84. The average molecular weight is 286 g/mol. The molecule has 21 heavy (non-hydrogen) atoms. The molecule has 1 aromatic rings. The maximum absolute atomic E-state index is 12.6. The molecular weight excluding hydrogens is 264 g/mol. The van der Waals surface area contributed by atoms with E-state index in [1.54, 1.807) is 12.1 Å². The number of benzene rings is 1. The predicted octanol–water partition coefficient (Wildman–Crippen LogP) is 2.46. The average Bonchev–Trinajstić information content (AvgIpc) is 2.90. The minimum atomic E-state index is -0.500. The maximum atomic E-state index is 12.6. The van der Waals surface area contributed by atoms with Crippen LogP contribution in [0.15, 0.2) is 24.3 Å². The van der Waals surface area contributed by atoms with E-state index in [0.717, 1.165) is 24.8 Å². The van der Waals surface area contributed by atoms with Gasteiger partial charge < -0.3 is 10.0 Å². The normalized spacial score (nSPS) is 21.3. The number of amides is 1. The van der Waals surface area contributed by atoms with Gasteiger partial charge in [-0.2, -0.15) is 5.26 Å². The van der Waals surface area contributed by atoms with Crippen LogP contribution in [0.5, 0.6) is 0 Å². The van der Waals surface area contributed by atoms with Gasteiger partial charge in [-0.15, -0.1) is 0 Å². The summed E-state index contributed by atoms with van der Waals surface area (Å²) in [5.41, 5.74) is 1.62. The number of hydrogen-bond donors (Lipinski definition) is 1. The lowest BCUT2D eigenvalue weighted by molar-refractivity contribution is -0.140. The molecule has 2 atom stereocenters. The Hall–Kier alpha value is -1.86. The maximum Gasteiger partial charge on any atom is 0.228 e. The van der Waals surface area contributed by atoms with Gasteiger partial charge >= 0.3 is 0 Å². The Balaban J connectivity index is 2.11. The molecule has 1 amide bonds. The van der Waals surface area contributed by atoms with Gasteiger partial charge in [-0.25, -0.2) is 0 Å². The van der Waals surface area contributed by atoms with Crippen molar-refractivity contribution in [3.05, 3.63) is 35.4 Å². The first kappa shape index (κ1) is 15.5. The van der Waals surface area contributed by atoms with E-state index in [1.165, 1.54) is 0 Å². The van der Waals surface area contributed by atoms with Gasteiger partial charge in [-0.1, -0.05) is 12.1 Å². The Morgan fingerprint density at radius 3 is 2.52 bits per heavy atom. The summed E-state index contributed by atoms with van der Waals surface area (Å²) in [5.74, 6) is -0.217. The van der Waals surface area contributed by atoms with Gasteiger partial charge in [-0.05, 0) is 50.8 Å². The Morgan fingerprint density at radius 1 is 1.38 bits per heavy atom. The summed E-state index contributed by atoms with van der Waals surface area (Å²) in [6.07, 6.45) is 1.91. The number of nitriles is 1. The molecule has 0 spiro atoms. The topological polar surface area (TPSA) is 64.3 Å². The quantitative estimate of drug-likeness (QED) is 0.924. The molecule has 0 radical (unpaired) electrons. The first-order valence-electron chi connectivity index (χ1n) is 7.50. The number of carbonyl (C=O) groups is 1. The van der Waals surface area contributed by atoms with Crippen LogP contribution in [0.1, 0.15) is 44.2 Å². The van der Waals surface area contributed by atoms with Crippen LogP contribution in [-0.4, -0.2) is 28.1 Å². The van der Waals surface area contributed by atoms with E-state index in [1.807, 2.05) is 30.9 Å². The van der Waals surface area contributed by atoms with Crippen LogP contribution in [0.3, 0.4) is 0 Å². The highest BCUT2D eigenvalue weighted by molar-refractivity contribution is 5.80. The van der Waals surface area contributed by atoms with E-state index in [0.29, 0.717) is 12.1 Å². The molecular formula is C17H22N2O2. The predicted molar refractivity (Wildman–Crippen MR) is 80.2 cm³/mol. The lowest BCUT2D eigenvalue weighted by Gasteiger charge is -2.30. The van der Waals surface area contributed by atoms with Crippen molar-refractivity contribution in [3.63, 3.8) is 0 Å². The van der Waals surface area contributed by atoms with Crippen LogP contribution in [0, 0.1) is 17.2 Å². The molecule has 1 aliphatic carbocycles. The summed E-state index contributed by atoms with van der Waals surface area (Å²) in [4.78, 5) is 14.5. The Kier molecular flexibility index (Phi) is 4.98. The monoisotopic (exact) mass is 286 g/mol. The van der Waals surface area contributed by atoms with Gasteiger partial charge in [0, 0.05) is 12.6 Å².